The molecule has 2 heterocycles. The van der Waals surface area contributed by atoms with Gasteiger partial charge in [0.15, 0.2) is 0 Å². The van der Waals surface area contributed by atoms with E-state index in [1.807, 2.05) is 4.90 Å². The molecule has 0 bridgehead atoms. The molecule has 7 heteroatoms. The number of nitrogens with zero attached hydrogens (tertiary/aromatic N) is 2. The highest BCUT2D eigenvalue weighted by Gasteiger charge is 2.36. The Kier molecular flexibility index (Phi) is 8.00. The summed E-state index contributed by atoms with van der Waals surface area (Å²) in [4.78, 5) is 28.6. The molecule has 1 saturated heterocycles. The first-order valence-electron chi connectivity index (χ1n) is 11.1. The van der Waals surface area contributed by atoms with Gasteiger partial charge in [-0.25, -0.2) is 4.79 Å². The van der Waals surface area contributed by atoms with E-state index in [4.69, 9.17) is 4.74 Å². The predicted molar refractivity (Wildman–Crippen MR) is 120 cm³/mol. The summed E-state index contributed by atoms with van der Waals surface area (Å²) in [6, 6.07) is 7.06. The molecule has 0 radical (unpaired) electrons. The van der Waals surface area contributed by atoms with Gasteiger partial charge in [-0.3, -0.25) is 9.69 Å². The van der Waals surface area contributed by atoms with Crippen LogP contribution in [-0.2, 0) is 22.4 Å². The summed E-state index contributed by atoms with van der Waals surface area (Å²) in [5.41, 5.74) is 3.84. The van der Waals surface area contributed by atoms with Crippen molar-refractivity contribution in [1.29, 1.82) is 0 Å². The van der Waals surface area contributed by atoms with Crippen molar-refractivity contribution in [3.63, 3.8) is 0 Å². The normalized spacial score (nSPS) is 24.1. The number of rotatable bonds is 5. The second-order valence-electron chi connectivity index (χ2n) is 8.62. The van der Waals surface area contributed by atoms with Crippen LogP contribution in [0, 0.1) is 5.92 Å². The second kappa shape index (κ2) is 10.5. The van der Waals surface area contributed by atoms with Crippen LogP contribution >= 0.6 is 12.4 Å². The molecule has 1 aromatic rings. The summed E-state index contributed by atoms with van der Waals surface area (Å²) in [5, 5.41) is 3.45. The maximum absolute atomic E-state index is 13.2. The first-order chi connectivity index (χ1) is 14.2. The molecule has 1 N–H and O–H groups in total. The number of anilines is 1. The summed E-state index contributed by atoms with van der Waals surface area (Å²) in [7, 11) is 1.45. The van der Waals surface area contributed by atoms with Crippen LogP contribution < -0.4 is 10.2 Å². The third-order valence-corrected chi connectivity index (χ3v) is 6.93. The van der Waals surface area contributed by atoms with Crippen molar-refractivity contribution in [3.8, 4) is 0 Å². The molecule has 166 valence electrons. The number of methoxy groups -OCH3 is 1. The smallest absolute Gasteiger partial charge is 0.324 e. The number of carbonyl (C=O) groups excluding carboxylic acids is 2. The Bertz CT molecular complexity index is 749. The number of hydrogen-bond acceptors (Lipinski definition) is 4. The Morgan fingerprint density at radius 2 is 1.83 bits per heavy atom. The van der Waals surface area contributed by atoms with Crippen LogP contribution in [0.15, 0.2) is 18.2 Å². The van der Waals surface area contributed by atoms with Gasteiger partial charge in [-0.05, 0) is 87.2 Å². The van der Waals surface area contributed by atoms with Gasteiger partial charge in [0.05, 0.1) is 7.11 Å². The third kappa shape index (κ3) is 5.09. The molecule has 1 aromatic carbocycles. The molecule has 0 atom stereocenters. The van der Waals surface area contributed by atoms with Crippen molar-refractivity contribution in [2.24, 2.45) is 5.92 Å². The first-order valence-corrected chi connectivity index (χ1v) is 11.1. The molecule has 4 rings (SSSR count). The number of ether oxygens (including phenoxy) is 1. The van der Waals surface area contributed by atoms with Gasteiger partial charge in [0.2, 0.25) is 0 Å². The topological polar surface area (TPSA) is 61.9 Å². The lowest BCUT2D eigenvalue weighted by atomic mass is 9.83. The van der Waals surface area contributed by atoms with Gasteiger partial charge in [0.25, 0.3) is 0 Å². The van der Waals surface area contributed by atoms with Crippen LogP contribution in [0.5, 0.6) is 0 Å². The van der Waals surface area contributed by atoms with E-state index in [2.05, 4.69) is 28.4 Å². The quantitative estimate of drug-likeness (QED) is 0.718. The summed E-state index contributed by atoms with van der Waals surface area (Å²) in [5.74, 6) is 0.464. The number of fused-ring (bicyclic) bond motifs is 1. The fourth-order valence-electron chi connectivity index (χ4n) is 5.13. The van der Waals surface area contributed by atoms with E-state index >= 15 is 0 Å². The Hall–Kier alpha value is -1.79. The van der Waals surface area contributed by atoms with Gasteiger partial charge < -0.3 is 15.0 Å². The standard InChI is InChI=1S/C23H33N3O3.ClH/c1-29-22(27)9-4-17-2-6-20(7-3-17)25-14-15-26(23(25)28)21-8-5-18-10-12-24-13-11-19(18)16-21;/h5,8,16-17,20,24H,2-4,6-7,9-15H2,1H3;1H/t17-,20-;. The van der Waals surface area contributed by atoms with Crippen molar-refractivity contribution in [1.82, 2.24) is 10.2 Å². The Morgan fingerprint density at radius 3 is 2.57 bits per heavy atom. The van der Waals surface area contributed by atoms with E-state index in [1.165, 1.54) is 18.2 Å². The molecule has 1 saturated carbocycles. The fourth-order valence-corrected chi connectivity index (χ4v) is 5.13. The average Bonchev–Trinajstić information content (AvgIpc) is 2.98. The molecule has 0 spiro atoms. The molecule has 0 aromatic heterocycles. The average molecular weight is 436 g/mol. The minimum Gasteiger partial charge on any atom is -0.469 e. The molecule has 2 aliphatic heterocycles. The molecule has 3 aliphatic rings. The van der Waals surface area contributed by atoms with Crippen molar-refractivity contribution < 1.29 is 14.3 Å². The van der Waals surface area contributed by atoms with Gasteiger partial charge in [0, 0.05) is 31.2 Å². The van der Waals surface area contributed by atoms with Crippen LogP contribution in [0.25, 0.3) is 0 Å². The molecule has 30 heavy (non-hydrogen) atoms. The zero-order valence-corrected chi connectivity index (χ0v) is 18.7. The van der Waals surface area contributed by atoms with Crippen LogP contribution in [-0.4, -0.2) is 56.2 Å². The summed E-state index contributed by atoms with van der Waals surface area (Å²) in [6.07, 6.45) is 7.79. The first kappa shape index (κ1) is 22.9. The van der Waals surface area contributed by atoms with Crippen LogP contribution in [0.2, 0.25) is 0 Å². The van der Waals surface area contributed by atoms with E-state index in [-0.39, 0.29) is 24.4 Å². The SMILES string of the molecule is COC(=O)CC[C@H]1CC[C@H](N2CCN(c3ccc4c(c3)CCNCC4)C2=O)CC1.Cl. The lowest BCUT2D eigenvalue weighted by Crippen LogP contribution is -2.41. The van der Waals surface area contributed by atoms with Crippen molar-refractivity contribution in [2.45, 2.75) is 57.4 Å². The fraction of sp³-hybridized carbons (Fsp3) is 0.652. The third-order valence-electron chi connectivity index (χ3n) is 6.93. The number of halogens is 1. The van der Waals surface area contributed by atoms with Crippen LogP contribution in [0.4, 0.5) is 10.5 Å². The largest absolute Gasteiger partial charge is 0.469 e. The minimum absolute atomic E-state index is 0. The van der Waals surface area contributed by atoms with E-state index < -0.39 is 0 Å². The number of benzene rings is 1. The van der Waals surface area contributed by atoms with Crippen molar-refractivity contribution in [3.05, 3.63) is 29.3 Å². The summed E-state index contributed by atoms with van der Waals surface area (Å²) < 4.78 is 4.75. The van der Waals surface area contributed by atoms with Gasteiger partial charge >= 0.3 is 12.0 Å². The minimum atomic E-state index is -0.117. The van der Waals surface area contributed by atoms with Crippen LogP contribution in [0.1, 0.15) is 49.7 Å². The van der Waals surface area contributed by atoms with E-state index in [0.717, 1.165) is 76.8 Å². The number of nitrogens with one attached hydrogen (secondary N) is 1. The Balaban J connectivity index is 0.00000256. The molecular weight excluding hydrogens is 402 g/mol. The number of hydrogen-bond donors (Lipinski definition) is 1. The second-order valence-corrected chi connectivity index (χ2v) is 8.62. The summed E-state index contributed by atoms with van der Waals surface area (Å²) >= 11 is 0. The number of esters is 1. The Labute approximate surface area is 185 Å². The van der Waals surface area contributed by atoms with E-state index in [0.29, 0.717) is 18.4 Å². The lowest BCUT2D eigenvalue weighted by Gasteiger charge is -2.34. The number of carbonyl (C=O) groups is 2. The molecule has 0 unspecified atom stereocenters. The van der Waals surface area contributed by atoms with Crippen molar-refractivity contribution in [2.75, 3.05) is 38.2 Å². The van der Waals surface area contributed by atoms with Crippen molar-refractivity contribution >= 4 is 30.1 Å². The van der Waals surface area contributed by atoms with E-state index in [9.17, 15) is 9.59 Å². The number of amides is 2. The van der Waals surface area contributed by atoms with Gasteiger partial charge in [-0.2, -0.15) is 0 Å². The highest BCUT2D eigenvalue weighted by molar-refractivity contribution is 5.94. The lowest BCUT2D eigenvalue weighted by molar-refractivity contribution is -0.141. The molecular formula is C23H34ClN3O3. The van der Waals surface area contributed by atoms with Gasteiger partial charge in [-0.1, -0.05) is 6.07 Å². The zero-order valence-electron chi connectivity index (χ0n) is 17.9. The number of urea groups is 1. The molecule has 2 fully saturated rings. The predicted octanol–water partition coefficient (Wildman–Crippen LogP) is 3.55. The Morgan fingerprint density at radius 1 is 1.10 bits per heavy atom. The highest BCUT2D eigenvalue weighted by atomic mass is 35.5. The summed E-state index contributed by atoms with van der Waals surface area (Å²) in [6.45, 7) is 3.63. The highest BCUT2D eigenvalue weighted by Crippen LogP contribution is 2.33. The molecule has 6 nitrogen and oxygen atoms in total. The van der Waals surface area contributed by atoms with E-state index in [1.54, 1.807) is 0 Å². The zero-order chi connectivity index (χ0) is 20.2. The maximum atomic E-state index is 13.2. The monoisotopic (exact) mass is 435 g/mol. The van der Waals surface area contributed by atoms with Crippen LogP contribution in [0.3, 0.4) is 0 Å². The van der Waals surface area contributed by atoms with Gasteiger partial charge in [0.1, 0.15) is 0 Å². The van der Waals surface area contributed by atoms with Gasteiger partial charge in [-0.15, -0.1) is 12.4 Å². The molecule has 1 aliphatic carbocycles. The molecule has 2 amide bonds. The maximum Gasteiger partial charge on any atom is 0.324 e.